The smallest absolute Gasteiger partial charge is 0.238 e. The van der Waals surface area contributed by atoms with Gasteiger partial charge in [0.15, 0.2) is 0 Å². The van der Waals surface area contributed by atoms with Gasteiger partial charge in [-0.3, -0.25) is 10.1 Å². The number of benzene rings is 1. The Kier molecular flexibility index (Phi) is 3.78. The molecule has 1 N–H and O–H groups in total. The minimum Gasteiger partial charge on any atom is -0.320 e. The molecule has 0 aliphatic carbocycles. The van der Waals surface area contributed by atoms with E-state index in [0.717, 1.165) is 6.54 Å². The maximum absolute atomic E-state index is 12.2. The van der Waals surface area contributed by atoms with Crippen molar-refractivity contribution in [1.82, 2.24) is 10.2 Å². The molecule has 1 amide bonds. The summed E-state index contributed by atoms with van der Waals surface area (Å²) in [6, 6.07) is 8.45. The summed E-state index contributed by atoms with van der Waals surface area (Å²) in [5.74, 6) is 1.45. The van der Waals surface area contributed by atoms with Gasteiger partial charge in [-0.1, -0.05) is 29.8 Å². The second-order valence-electron chi connectivity index (χ2n) is 6.12. The van der Waals surface area contributed by atoms with Gasteiger partial charge in [-0.25, -0.2) is 0 Å². The molecule has 2 aliphatic rings. The van der Waals surface area contributed by atoms with E-state index in [0.29, 0.717) is 6.54 Å². The topological polar surface area (TPSA) is 32.3 Å². The van der Waals surface area contributed by atoms with Gasteiger partial charge in [-0.05, 0) is 38.0 Å². The van der Waals surface area contributed by atoms with Gasteiger partial charge in [0.05, 0.1) is 6.54 Å². The van der Waals surface area contributed by atoms with Crippen molar-refractivity contribution in [2.75, 3.05) is 18.8 Å². The third kappa shape index (κ3) is 2.72. The SMILES string of the molecule is Cc1cccc(C2NCC(=O)N2CC2(C)CCCS2)c1. The third-order valence-corrected chi connectivity index (χ3v) is 5.76. The van der Waals surface area contributed by atoms with Crippen molar-refractivity contribution in [3.05, 3.63) is 35.4 Å². The molecule has 0 bridgehead atoms. The number of nitrogens with one attached hydrogen (secondary N) is 1. The van der Waals surface area contributed by atoms with Crippen LogP contribution in [0.3, 0.4) is 0 Å². The molecule has 1 aromatic carbocycles. The van der Waals surface area contributed by atoms with Crippen molar-refractivity contribution in [1.29, 1.82) is 0 Å². The number of carbonyl (C=O) groups excluding carboxylic acids is 1. The number of hydrogen-bond acceptors (Lipinski definition) is 3. The van der Waals surface area contributed by atoms with Crippen molar-refractivity contribution >= 4 is 17.7 Å². The van der Waals surface area contributed by atoms with Crippen molar-refractivity contribution in [2.24, 2.45) is 0 Å². The molecule has 3 rings (SSSR count). The number of rotatable bonds is 3. The normalized spacial score (nSPS) is 30.2. The molecule has 2 saturated heterocycles. The second kappa shape index (κ2) is 5.41. The lowest BCUT2D eigenvalue weighted by Gasteiger charge is -2.33. The molecule has 2 aliphatic heterocycles. The summed E-state index contributed by atoms with van der Waals surface area (Å²) >= 11 is 2.01. The van der Waals surface area contributed by atoms with Crippen LogP contribution in [0.15, 0.2) is 24.3 Å². The summed E-state index contributed by atoms with van der Waals surface area (Å²) in [6.07, 6.45) is 2.52. The van der Waals surface area contributed by atoms with Gasteiger partial charge < -0.3 is 4.90 Å². The van der Waals surface area contributed by atoms with Crippen LogP contribution < -0.4 is 5.32 Å². The van der Waals surface area contributed by atoms with Gasteiger partial charge in [-0.2, -0.15) is 11.8 Å². The van der Waals surface area contributed by atoms with Crippen LogP contribution in [0, 0.1) is 6.92 Å². The molecule has 0 saturated carbocycles. The predicted octanol–water partition coefficient (Wildman–Crippen LogP) is 2.71. The van der Waals surface area contributed by atoms with Crippen LogP contribution in [0.1, 0.15) is 37.1 Å². The molecule has 108 valence electrons. The molecule has 1 aromatic rings. The molecule has 0 spiro atoms. The van der Waals surface area contributed by atoms with Crippen molar-refractivity contribution in [3.8, 4) is 0 Å². The van der Waals surface area contributed by atoms with E-state index in [1.54, 1.807) is 0 Å². The maximum atomic E-state index is 12.2. The van der Waals surface area contributed by atoms with Crippen LogP contribution >= 0.6 is 11.8 Å². The largest absolute Gasteiger partial charge is 0.320 e. The molecule has 20 heavy (non-hydrogen) atoms. The minimum absolute atomic E-state index is 0.0421. The van der Waals surface area contributed by atoms with Crippen molar-refractivity contribution in [2.45, 2.75) is 37.6 Å². The number of amides is 1. The van der Waals surface area contributed by atoms with Crippen LogP contribution in [0.2, 0.25) is 0 Å². The Labute approximate surface area is 125 Å². The average Bonchev–Trinajstić information content (AvgIpc) is 2.98. The van der Waals surface area contributed by atoms with Gasteiger partial charge in [0, 0.05) is 11.3 Å². The van der Waals surface area contributed by atoms with E-state index >= 15 is 0 Å². The van der Waals surface area contributed by atoms with Gasteiger partial charge in [0.25, 0.3) is 0 Å². The molecule has 2 heterocycles. The number of hydrogen-bond donors (Lipinski definition) is 1. The summed E-state index contributed by atoms with van der Waals surface area (Å²) in [5, 5.41) is 3.36. The van der Waals surface area contributed by atoms with Gasteiger partial charge in [-0.15, -0.1) is 0 Å². The van der Waals surface area contributed by atoms with E-state index in [1.165, 1.54) is 29.7 Å². The van der Waals surface area contributed by atoms with Crippen LogP contribution in [0.25, 0.3) is 0 Å². The summed E-state index contributed by atoms with van der Waals surface area (Å²) in [5.41, 5.74) is 2.44. The Hall–Kier alpha value is -1.00. The zero-order chi connectivity index (χ0) is 14.2. The lowest BCUT2D eigenvalue weighted by atomic mass is 10.0. The Morgan fingerprint density at radius 2 is 2.35 bits per heavy atom. The first-order valence-corrected chi connectivity index (χ1v) is 8.29. The first kappa shape index (κ1) is 14.0. The molecular weight excluding hydrogens is 268 g/mol. The Morgan fingerprint density at radius 1 is 1.50 bits per heavy atom. The number of carbonyl (C=O) groups is 1. The van der Waals surface area contributed by atoms with Crippen LogP contribution in [0.5, 0.6) is 0 Å². The van der Waals surface area contributed by atoms with Crippen molar-refractivity contribution < 1.29 is 4.79 Å². The first-order chi connectivity index (χ1) is 9.57. The zero-order valence-electron chi connectivity index (χ0n) is 12.2. The fourth-order valence-electron chi connectivity index (χ4n) is 3.18. The third-order valence-electron chi connectivity index (χ3n) is 4.24. The second-order valence-corrected chi connectivity index (χ2v) is 7.80. The Balaban J connectivity index is 1.81. The minimum atomic E-state index is 0.0421. The van der Waals surface area contributed by atoms with E-state index < -0.39 is 0 Å². The first-order valence-electron chi connectivity index (χ1n) is 7.31. The summed E-state index contributed by atoms with van der Waals surface area (Å²) in [6.45, 7) is 5.70. The summed E-state index contributed by atoms with van der Waals surface area (Å²) in [7, 11) is 0. The molecule has 2 atom stereocenters. The summed E-state index contributed by atoms with van der Waals surface area (Å²) in [4.78, 5) is 14.3. The van der Waals surface area contributed by atoms with E-state index in [1.807, 2.05) is 16.7 Å². The maximum Gasteiger partial charge on any atom is 0.238 e. The fraction of sp³-hybridized carbons (Fsp3) is 0.562. The Bertz CT molecular complexity index is 511. The summed E-state index contributed by atoms with van der Waals surface area (Å²) < 4.78 is 0.226. The standard InChI is InChI=1S/C16H22N2OS/c1-12-5-3-6-13(9-12)15-17-10-14(19)18(15)11-16(2)7-4-8-20-16/h3,5-6,9,15,17H,4,7-8,10-11H2,1-2H3. The van der Waals surface area contributed by atoms with Gasteiger partial charge >= 0.3 is 0 Å². The molecule has 0 aromatic heterocycles. The van der Waals surface area contributed by atoms with E-state index in [9.17, 15) is 4.79 Å². The van der Waals surface area contributed by atoms with Crippen LogP contribution in [-0.2, 0) is 4.79 Å². The highest BCUT2D eigenvalue weighted by Crippen LogP contribution is 2.40. The van der Waals surface area contributed by atoms with Crippen LogP contribution in [0.4, 0.5) is 0 Å². The lowest BCUT2D eigenvalue weighted by Crippen LogP contribution is -2.40. The highest BCUT2D eigenvalue weighted by molar-refractivity contribution is 8.00. The van der Waals surface area contributed by atoms with Crippen molar-refractivity contribution in [3.63, 3.8) is 0 Å². The average molecular weight is 290 g/mol. The fourth-order valence-corrected chi connectivity index (χ4v) is 4.48. The molecule has 2 fully saturated rings. The van der Waals surface area contributed by atoms with Crippen LogP contribution in [-0.4, -0.2) is 34.4 Å². The predicted molar refractivity (Wildman–Crippen MR) is 83.7 cm³/mol. The number of thioether (sulfide) groups is 1. The highest BCUT2D eigenvalue weighted by Gasteiger charge is 2.39. The Morgan fingerprint density at radius 3 is 3.05 bits per heavy atom. The van der Waals surface area contributed by atoms with Gasteiger partial charge in [0.1, 0.15) is 6.17 Å². The quantitative estimate of drug-likeness (QED) is 0.929. The molecule has 3 nitrogen and oxygen atoms in total. The lowest BCUT2D eigenvalue weighted by molar-refractivity contribution is -0.128. The molecule has 2 unspecified atom stereocenters. The van der Waals surface area contributed by atoms with E-state index in [4.69, 9.17) is 0 Å². The van der Waals surface area contributed by atoms with E-state index in [-0.39, 0.29) is 16.8 Å². The highest BCUT2D eigenvalue weighted by atomic mass is 32.2. The van der Waals surface area contributed by atoms with E-state index in [2.05, 4.69) is 43.4 Å². The zero-order valence-corrected chi connectivity index (χ0v) is 13.0. The number of aryl methyl sites for hydroxylation is 1. The number of nitrogens with zero attached hydrogens (tertiary/aromatic N) is 1. The van der Waals surface area contributed by atoms with Gasteiger partial charge in [0.2, 0.25) is 5.91 Å². The molecule has 0 radical (unpaired) electrons. The molecular formula is C16H22N2OS. The molecule has 4 heteroatoms. The monoisotopic (exact) mass is 290 g/mol.